The monoisotopic (exact) mass is 254 g/mol. The van der Waals surface area contributed by atoms with Crippen LogP contribution in [0.3, 0.4) is 0 Å². The van der Waals surface area contributed by atoms with Crippen molar-refractivity contribution in [2.45, 2.75) is 0 Å². The highest BCUT2D eigenvalue weighted by atomic mass is 19.2. The molecule has 18 heavy (non-hydrogen) atoms. The topological polar surface area (TPSA) is 37.3 Å². The zero-order valence-electron chi connectivity index (χ0n) is 9.11. The average Bonchev–Trinajstić information content (AvgIpc) is 2.42. The Morgan fingerprint density at radius 3 is 1.94 bits per heavy atom. The standard InChI is InChI=1S/C7H6O.C6H3F3O/c8-6-7-4-2-1-3-5-7;7-3-1-2-4(10)6(9)5(3)8/h1-6H;1-2,10H. The summed E-state index contributed by atoms with van der Waals surface area (Å²) in [5.74, 6) is -5.41. The third kappa shape index (κ3) is 3.62. The van der Waals surface area contributed by atoms with Gasteiger partial charge in [0.15, 0.2) is 17.4 Å². The van der Waals surface area contributed by atoms with Gasteiger partial charge in [0, 0.05) is 5.56 Å². The van der Waals surface area contributed by atoms with Crippen LogP contribution in [-0.2, 0) is 0 Å². The van der Waals surface area contributed by atoms with E-state index in [1.807, 2.05) is 18.2 Å². The summed E-state index contributed by atoms with van der Waals surface area (Å²) in [7, 11) is 0. The first-order valence-electron chi connectivity index (χ1n) is 4.89. The lowest BCUT2D eigenvalue weighted by molar-refractivity contribution is 0.112. The van der Waals surface area contributed by atoms with Gasteiger partial charge in [0.2, 0.25) is 5.82 Å². The van der Waals surface area contributed by atoms with Crippen molar-refractivity contribution in [2.24, 2.45) is 0 Å². The van der Waals surface area contributed by atoms with Gasteiger partial charge in [0.05, 0.1) is 0 Å². The van der Waals surface area contributed by atoms with Crippen molar-refractivity contribution in [1.82, 2.24) is 0 Å². The number of carbonyl (C=O) groups is 1. The average molecular weight is 254 g/mol. The molecule has 0 aliphatic rings. The Bertz CT molecular complexity index is 500. The lowest BCUT2D eigenvalue weighted by Gasteiger charge is -1.95. The summed E-state index contributed by atoms with van der Waals surface area (Å²) in [6.45, 7) is 0. The Kier molecular flexibility index (Phi) is 4.92. The van der Waals surface area contributed by atoms with Crippen LogP contribution in [0.25, 0.3) is 0 Å². The number of benzene rings is 2. The minimum Gasteiger partial charge on any atom is -0.505 e. The molecule has 0 aliphatic heterocycles. The lowest BCUT2D eigenvalue weighted by atomic mass is 10.2. The van der Waals surface area contributed by atoms with Crippen LogP contribution in [0.4, 0.5) is 13.2 Å². The summed E-state index contributed by atoms with van der Waals surface area (Å²) in [6.07, 6.45) is 0.833. The van der Waals surface area contributed by atoms with E-state index in [0.717, 1.165) is 17.9 Å². The Hall–Kier alpha value is -2.30. The molecule has 0 unspecified atom stereocenters. The van der Waals surface area contributed by atoms with E-state index in [9.17, 15) is 18.0 Å². The molecule has 0 saturated heterocycles. The van der Waals surface area contributed by atoms with Gasteiger partial charge in [0.1, 0.15) is 6.29 Å². The second kappa shape index (κ2) is 6.44. The van der Waals surface area contributed by atoms with Crippen LogP contribution in [0.5, 0.6) is 5.75 Å². The summed E-state index contributed by atoms with van der Waals surface area (Å²) in [5, 5.41) is 8.44. The lowest BCUT2D eigenvalue weighted by Crippen LogP contribution is -1.88. The van der Waals surface area contributed by atoms with E-state index in [4.69, 9.17) is 5.11 Å². The van der Waals surface area contributed by atoms with Crippen LogP contribution >= 0.6 is 0 Å². The number of hydrogen-bond acceptors (Lipinski definition) is 2. The number of phenolic OH excluding ortho intramolecular Hbond substituents is 1. The number of phenols is 1. The van der Waals surface area contributed by atoms with Crippen molar-refractivity contribution in [2.75, 3.05) is 0 Å². The molecule has 2 aromatic carbocycles. The molecule has 2 rings (SSSR count). The largest absolute Gasteiger partial charge is 0.505 e. The third-order valence-electron chi connectivity index (χ3n) is 1.95. The molecule has 0 saturated carbocycles. The van der Waals surface area contributed by atoms with Crippen molar-refractivity contribution in [1.29, 1.82) is 0 Å². The van der Waals surface area contributed by atoms with E-state index in [2.05, 4.69) is 0 Å². The highest BCUT2D eigenvalue weighted by Crippen LogP contribution is 2.19. The molecular formula is C13H9F3O2. The maximum absolute atomic E-state index is 12.1. The molecule has 5 heteroatoms. The molecule has 0 spiro atoms. The van der Waals surface area contributed by atoms with Gasteiger partial charge >= 0.3 is 0 Å². The number of aldehydes is 1. The minimum atomic E-state index is -1.65. The smallest absolute Gasteiger partial charge is 0.203 e. The van der Waals surface area contributed by atoms with Crippen LogP contribution in [0.2, 0.25) is 0 Å². The fourth-order valence-electron chi connectivity index (χ4n) is 1.05. The van der Waals surface area contributed by atoms with Crippen molar-refractivity contribution < 1.29 is 23.1 Å². The maximum Gasteiger partial charge on any atom is 0.203 e. The predicted octanol–water partition coefficient (Wildman–Crippen LogP) is 3.31. The van der Waals surface area contributed by atoms with E-state index >= 15 is 0 Å². The molecule has 0 atom stereocenters. The first-order chi connectivity index (χ1) is 8.56. The maximum atomic E-state index is 12.1. The van der Waals surface area contributed by atoms with Crippen LogP contribution in [0, 0.1) is 17.5 Å². The number of carbonyl (C=O) groups excluding carboxylic acids is 1. The highest BCUT2D eigenvalue weighted by Gasteiger charge is 2.11. The number of hydrogen-bond donors (Lipinski definition) is 1. The van der Waals surface area contributed by atoms with Crippen molar-refractivity contribution in [3.05, 3.63) is 65.5 Å². The van der Waals surface area contributed by atoms with Crippen LogP contribution < -0.4 is 0 Å². The zero-order chi connectivity index (χ0) is 13.5. The normalized spacial score (nSPS) is 9.28. The summed E-state index contributed by atoms with van der Waals surface area (Å²) in [6, 6.07) is 10.5. The summed E-state index contributed by atoms with van der Waals surface area (Å²) < 4.78 is 36.2. The number of rotatable bonds is 1. The number of aromatic hydroxyl groups is 1. The van der Waals surface area contributed by atoms with Crippen LogP contribution in [0.15, 0.2) is 42.5 Å². The SMILES string of the molecule is O=Cc1ccccc1.Oc1ccc(F)c(F)c1F. The summed E-state index contributed by atoms with van der Waals surface area (Å²) in [4.78, 5) is 10.0. The second-order valence-electron chi connectivity index (χ2n) is 3.22. The van der Waals surface area contributed by atoms with Gasteiger partial charge < -0.3 is 5.11 Å². The molecule has 0 aromatic heterocycles. The fraction of sp³-hybridized carbons (Fsp3) is 0. The van der Waals surface area contributed by atoms with Gasteiger partial charge in [0.25, 0.3) is 0 Å². The Balaban J connectivity index is 0.000000184. The molecule has 2 nitrogen and oxygen atoms in total. The predicted molar refractivity (Wildman–Crippen MR) is 59.8 cm³/mol. The third-order valence-corrected chi connectivity index (χ3v) is 1.95. The minimum absolute atomic E-state index is 0.647. The molecule has 0 aliphatic carbocycles. The molecule has 0 fully saturated rings. The van der Waals surface area contributed by atoms with Crippen molar-refractivity contribution in [3.63, 3.8) is 0 Å². The Morgan fingerprint density at radius 2 is 1.50 bits per heavy atom. The summed E-state index contributed by atoms with van der Waals surface area (Å²) >= 11 is 0. The van der Waals surface area contributed by atoms with Gasteiger partial charge in [-0.3, -0.25) is 4.79 Å². The molecule has 0 bridgehead atoms. The molecule has 94 valence electrons. The molecule has 1 N–H and O–H groups in total. The van der Waals surface area contributed by atoms with Crippen LogP contribution in [0.1, 0.15) is 10.4 Å². The number of halogens is 3. The molecule has 0 heterocycles. The quantitative estimate of drug-likeness (QED) is 0.626. The molecular weight excluding hydrogens is 245 g/mol. The van der Waals surface area contributed by atoms with E-state index in [-0.39, 0.29) is 0 Å². The highest BCUT2D eigenvalue weighted by molar-refractivity contribution is 5.74. The molecule has 0 amide bonds. The van der Waals surface area contributed by atoms with Gasteiger partial charge in [-0.2, -0.15) is 4.39 Å². The molecule has 2 aromatic rings. The Labute approximate surface area is 101 Å². The van der Waals surface area contributed by atoms with E-state index in [0.29, 0.717) is 6.07 Å². The van der Waals surface area contributed by atoms with Crippen LogP contribution in [-0.4, -0.2) is 11.4 Å². The van der Waals surface area contributed by atoms with E-state index < -0.39 is 23.2 Å². The van der Waals surface area contributed by atoms with Gasteiger partial charge in [-0.1, -0.05) is 30.3 Å². The van der Waals surface area contributed by atoms with Crippen molar-refractivity contribution >= 4 is 6.29 Å². The first kappa shape index (κ1) is 13.8. The van der Waals surface area contributed by atoms with E-state index in [1.165, 1.54) is 0 Å². The fourth-order valence-corrected chi connectivity index (χ4v) is 1.05. The summed E-state index contributed by atoms with van der Waals surface area (Å²) in [5.41, 5.74) is 0.729. The Morgan fingerprint density at radius 1 is 0.889 bits per heavy atom. The molecule has 0 radical (unpaired) electrons. The van der Waals surface area contributed by atoms with Gasteiger partial charge in [-0.15, -0.1) is 0 Å². The van der Waals surface area contributed by atoms with Gasteiger partial charge in [-0.05, 0) is 12.1 Å². The van der Waals surface area contributed by atoms with E-state index in [1.54, 1.807) is 12.1 Å². The first-order valence-corrected chi connectivity index (χ1v) is 4.89. The second-order valence-corrected chi connectivity index (χ2v) is 3.22. The van der Waals surface area contributed by atoms with Crippen molar-refractivity contribution in [3.8, 4) is 5.75 Å². The zero-order valence-corrected chi connectivity index (χ0v) is 9.11. The van der Waals surface area contributed by atoms with Gasteiger partial charge in [-0.25, -0.2) is 8.78 Å².